The summed E-state index contributed by atoms with van der Waals surface area (Å²) in [6, 6.07) is 9.86. The van der Waals surface area contributed by atoms with Crippen molar-refractivity contribution in [2.45, 2.75) is 11.8 Å². The van der Waals surface area contributed by atoms with Crippen LogP contribution in [0, 0.1) is 5.82 Å². The standard InChI is InChI=1S/C20H19FN4O4S2/c1-12(26)22-14-7-8-16(17(21)10-14)18-11-30-20(23-18)24-19(27)13-5-4-6-15(9-13)31(28,29)25(2)3/h4-11H,1-3H3,(H,22,26)(H,23,24,27). The van der Waals surface area contributed by atoms with Crippen LogP contribution in [-0.2, 0) is 14.8 Å². The van der Waals surface area contributed by atoms with E-state index in [4.69, 9.17) is 0 Å². The number of nitrogens with one attached hydrogen (secondary N) is 2. The number of carbonyl (C=O) groups excluding carboxylic acids is 2. The summed E-state index contributed by atoms with van der Waals surface area (Å²) in [4.78, 5) is 27.9. The molecule has 31 heavy (non-hydrogen) atoms. The number of thiazole rings is 1. The van der Waals surface area contributed by atoms with E-state index < -0.39 is 21.7 Å². The van der Waals surface area contributed by atoms with Crippen molar-refractivity contribution in [2.75, 3.05) is 24.7 Å². The van der Waals surface area contributed by atoms with Gasteiger partial charge in [0.15, 0.2) is 5.13 Å². The summed E-state index contributed by atoms with van der Waals surface area (Å²) in [7, 11) is -0.874. The van der Waals surface area contributed by atoms with Gasteiger partial charge in [0.25, 0.3) is 5.91 Å². The van der Waals surface area contributed by atoms with Crippen molar-refractivity contribution in [3.8, 4) is 11.3 Å². The maximum Gasteiger partial charge on any atom is 0.257 e. The van der Waals surface area contributed by atoms with E-state index in [1.807, 2.05) is 0 Å². The summed E-state index contributed by atoms with van der Waals surface area (Å²) in [6.07, 6.45) is 0. The third-order valence-corrected chi connectivity index (χ3v) is 6.73. The van der Waals surface area contributed by atoms with E-state index in [9.17, 15) is 22.4 Å². The van der Waals surface area contributed by atoms with Crippen molar-refractivity contribution in [3.05, 3.63) is 59.2 Å². The molecule has 0 unspecified atom stereocenters. The maximum absolute atomic E-state index is 14.4. The molecular weight excluding hydrogens is 443 g/mol. The zero-order valence-electron chi connectivity index (χ0n) is 16.8. The number of sulfonamides is 1. The highest BCUT2D eigenvalue weighted by atomic mass is 32.2. The van der Waals surface area contributed by atoms with Gasteiger partial charge < -0.3 is 5.32 Å². The first kappa shape index (κ1) is 22.5. The first-order valence-electron chi connectivity index (χ1n) is 8.95. The molecule has 0 atom stereocenters. The first-order chi connectivity index (χ1) is 14.6. The Morgan fingerprint density at radius 1 is 1.10 bits per heavy atom. The highest BCUT2D eigenvalue weighted by Gasteiger charge is 2.19. The Morgan fingerprint density at radius 2 is 1.84 bits per heavy atom. The molecule has 11 heteroatoms. The van der Waals surface area contributed by atoms with Crippen LogP contribution in [-0.4, -0.2) is 43.6 Å². The molecule has 2 N–H and O–H groups in total. The van der Waals surface area contributed by atoms with Gasteiger partial charge >= 0.3 is 0 Å². The number of halogens is 1. The number of anilines is 2. The van der Waals surface area contributed by atoms with Gasteiger partial charge in [0.1, 0.15) is 5.82 Å². The fourth-order valence-corrected chi connectivity index (χ4v) is 4.29. The van der Waals surface area contributed by atoms with Gasteiger partial charge in [0.05, 0.1) is 10.6 Å². The lowest BCUT2D eigenvalue weighted by molar-refractivity contribution is -0.114. The van der Waals surface area contributed by atoms with Crippen molar-refractivity contribution in [1.82, 2.24) is 9.29 Å². The molecule has 0 saturated carbocycles. The molecular formula is C20H19FN4O4S2. The van der Waals surface area contributed by atoms with Crippen molar-refractivity contribution >= 4 is 44.0 Å². The number of carbonyl (C=O) groups is 2. The molecule has 0 radical (unpaired) electrons. The second-order valence-electron chi connectivity index (χ2n) is 6.68. The van der Waals surface area contributed by atoms with E-state index >= 15 is 0 Å². The van der Waals surface area contributed by atoms with Crippen LogP contribution < -0.4 is 10.6 Å². The Hall–Kier alpha value is -3.15. The molecule has 3 rings (SSSR count). The van der Waals surface area contributed by atoms with Gasteiger partial charge in [-0.1, -0.05) is 6.07 Å². The van der Waals surface area contributed by atoms with Gasteiger partial charge in [0, 0.05) is 43.2 Å². The summed E-state index contributed by atoms with van der Waals surface area (Å²) in [6.45, 7) is 1.33. The molecule has 0 aliphatic rings. The van der Waals surface area contributed by atoms with Crippen molar-refractivity contribution < 1.29 is 22.4 Å². The SMILES string of the molecule is CC(=O)Nc1ccc(-c2csc(NC(=O)c3cccc(S(=O)(=O)N(C)C)c3)n2)c(F)c1. The van der Waals surface area contributed by atoms with Gasteiger partial charge in [-0.3, -0.25) is 14.9 Å². The second kappa shape index (κ2) is 8.92. The Balaban J connectivity index is 1.79. The lowest BCUT2D eigenvalue weighted by atomic mass is 10.1. The third-order valence-electron chi connectivity index (χ3n) is 4.16. The first-order valence-corrected chi connectivity index (χ1v) is 11.3. The minimum atomic E-state index is -3.68. The van der Waals surface area contributed by atoms with E-state index in [2.05, 4.69) is 15.6 Å². The van der Waals surface area contributed by atoms with E-state index in [1.54, 1.807) is 11.4 Å². The second-order valence-corrected chi connectivity index (χ2v) is 9.69. The average Bonchev–Trinajstić information content (AvgIpc) is 3.15. The van der Waals surface area contributed by atoms with Crippen molar-refractivity contribution in [1.29, 1.82) is 0 Å². The van der Waals surface area contributed by atoms with Gasteiger partial charge in [-0.2, -0.15) is 0 Å². The van der Waals surface area contributed by atoms with Crippen LogP contribution in [0.3, 0.4) is 0 Å². The molecule has 8 nitrogen and oxygen atoms in total. The van der Waals surface area contributed by atoms with Crippen LogP contribution in [0.25, 0.3) is 11.3 Å². The predicted octanol–water partition coefficient (Wildman–Crippen LogP) is 3.41. The zero-order valence-corrected chi connectivity index (χ0v) is 18.5. The van der Waals surface area contributed by atoms with E-state index in [-0.39, 0.29) is 27.1 Å². The molecule has 2 amide bonds. The molecule has 1 aromatic heterocycles. The Labute approximate surface area is 182 Å². The summed E-state index contributed by atoms with van der Waals surface area (Å²) in [5.74, 6) is -1.43. The molecule has 1 heterocycles. The van der Waals surface area contributed by atoms with Crippen molar-refractivity contribution in [2.24, 2.45) is 0 Å². The lowest BCUT2D eigenvalue weighted by Crippen LogP contribution is -2.22. The molecule has 0 bridgehead atoms. The Morgan fingerprint density at radius 3 is 2.48 bits per heavy atom. The quantitative estimate of drug-likeness (QED) is 0.584. The van der Waals surface area contributed by atoms with Gasteiger partial charge in [0.2, 0.25) is 15.9 Å². The Kier molecular flexibility index (Phi) is 6.48. The van der Waals surface area contributed by atoms with Crippen molar-refractivity contribution in [3.63, 3.8) is 0 Å². The molecule has 162 valence electrons. The summed E-state index contributed by atoms with van der Waals surface area (Å²) < 4.78 is 40.0. The van der Waals surface area contributed by atoms with Crippen LogP contribution in [0.2, 0.25) is 0 Å². The van der Waals surface area contributed by atoms with E-state index in [0.717, 1.165) is 15.6 Å². The highest BCUT2D eigenvalue weighted by Crippen LogP contribution is 2.29. The largest absolute Gasteiger partial charge is 0.326 e. The number of benzene rings is 2. The molecule has 0 saturated heterocycles. The van der Waals surface area contributed by atoms with Gasteiger partial charge in [-0.25, -0.2) is 22.1 Å². The summed E-state index contributed by atoms with van der Waals surface area (Å²) in [5, 5.41) is 6.90. The fraction of sp³-hybridized carbons (Fsp3) is 0.150. The minimum absolute atomic E-state index is 0.00805. The predicted molar refractivity (Wildman–Crippen MR) is 117 cm³/mol. The zero-order chi connectivity index (χ0) is 22.8. The smallest absolute Gasteiger partial charge is 0.257 e. The van der Waals surface area contributed by atoms with Crippen LogP contribution in [0.5, 0.6) is 0 Å². The van der Waals surface area contributed by atoms with Gasteiger partial charge in [-0.05, 0) is 36.4 Å². The van der Waals surface area contributed by atoms with Crippen LogP contribution >= 0.6 is 11.3 Å². The summed E-state index contributed by atoms with van der Waals surface area (Å²) in [5.41, 5.74) is 0.997. The maximum atomic E-state index is 14.4. The molecule has 0 fully saturated rings. The summed E-state index contributed by atoms with van der Waals surface area (Å²) >= 11 is 1.10. The molecule has 0 aliphatic carbocycles. The molecule has 0 spiro atoms. The highest BCUT2D eigenvalue weighted by molar-refractivity contribution is 7.89. The average molecular weight is 463 g/mol. The molecule has 3 aromatic rings. The number of aromatic nitrogens is 1. The van der Waals surface area contributed by atoms with Crippen LogP contribution in [0.4, 0.5) is 15.2 Å². The van der Waals surface area contributed by atoms with E-state index in [1.165, 1.54) is 57.4 Å². The monoisotopic (exact) mass is 462 g/mol. The van der Waals surface area contributed by atoms with Crippen LogP contribution in [0.15, 0.2) is 52.7 Å². The van der Waals surface area contributed by atoms with Crippen LogP contribution in [0.1, 0.15) is 17.3 Å². The topological polar surface area (TPSA) is 108 Å². The van der Waals surface area contributed by atoms with Gasteiger partial charge in [-0.15, -0.1) is 11.3 Å². The fourth-order valence-electron chi connectivity index (χ4n) is 2.64. The molecule has 2 aromatic carbocycles. The number of amides is 2. The Bertz CT molecular complexity index is 1260. The number of hydrogen-bond donors (Lipinski definition) is 2. The lowest BCUT2D eigenvalue weighted by Gasteiger charge is -2.12. The third kappa shape index (κ3) is 5.13. The molecule has 0 aliphatic heterocycles. The number of rotatable bonds is 6. The number of nitrogens with zero attached hydrogens (tertiary/aromatic N) is 2. The normalized spacial score (nSPS) is 11.4. The number of hydrogen-bond acceptors (Lipinski definition) is 6. The minimum Gasteiger partial charge on any atom is -0.326 e. The van der Waals surface area contributed by atoms with E-state index in [0.29, 0.717) is 11.4 Å².